The molecule has 8 rings (SSSR count). The Balaban J connectivity index is 1.15. The number of aliphatic hydroxyl groups excluding tert-OH is 1. The number of aliphatic hydroxyl groups is 1. The Morgan fingerprint density at radius 1 is 1.00 bits per heavy atom. The molecule has 342 valence electrons. The van der Waals surface area contributed by atoms with Gasteiger partial charge in [0.25, 0.3) is 0 Å². The maximum Gasteiger partial charge on any atom is 0.302 e. The van der Waals surface area contributed by atoms with Crippen molar-refractivity contribution in [3.63, 3.8) is 0 Å². The fraction of sp³-hybridized carbons (Fsp3) is 0.667. The van der Waals surface area contributed by atoms with Gasteiger partial charge in [0.1, 0.15) is 11.0 Å². The van der Waals surface area contributed by atoms with E-state index >= 15 is 0 Å². The summed E-state index contributed by atoms with van der Waals surface area (Å²) in [6.07, 6.45) is 18.0. The zero-order valence-electron chi connectivity index (χ0n) is 37.4. The average molecular weight is 899 g/mol. The summed E-state index contributed by atoms with van der Waals surface area (Å²) in [5.74, 6) is 9.44. The molecule has 3 aliphatic heterocycles. The molecule has 1 amide bonds. The van der Waals surface area contributed by atoms with Gasteiger partial charge in [-0.25, -0.2) is 0 Å². The standard InChI is InChI=1S/C51H70N4O6S2/c1-36(56)60-44-21-20-39-27-40(47(59)45(28-39)61-43-18-8-9-19-43)34-55-35-49(32-46(55)58,30-37-13-5-4-6-14-37)41-16-11-15-38-22-25-50(31-38)23-12-24-51(50,54-48(52)53-33-41)63-62-26-10-3-2-7-17-42(57)29-44/h4-6,13-14,27-28,38,41-44,57,59H,2-3,7-10,12,15,17-26,29-35H2,1H3,(H3,52,53,54). The van der Waals surface area contributed by atoms with Crippen molar-refractivity contribution in [2.24, 2.45) is 33.4 Å². The molecule has 0 radical (unpaired) electrons. The first-order chi connectivity index (χ1) is 30.5. The van der Waals surface area contributed by atoms with Crippen LogP contribution in [-0.2, 0) is 33.7 Å². The number of aryl methyl sites for hydroxylation is 1. The largest absolute Gasteiger partial charge is 0.504 e. The van der Waals surface area contributed by atoms with Crippen LogP contribution in [0.1, 0.15) is 146 Å². The summed E-state index contributed by atoms with van der Waals surface area (Å²) < 4.78 is 12.3. The number of aliphatic imine (C=N–C) groups is 1. The summed E-state index contributed by atoms with van der Waals surface area (Å²) >= 11 is 0. The van der Waals surface area contributed by atoms with Crippen LogP contribution in [0.5, 0.6) is 11.5 Å². The van der Waals surface area contributed by atoms with Crippen molar-refractivity contribution >= 4 is 39.4 Å². The molecule has 3 aliphatic carbocycles. The lowest BCUT2D eigenvalue weighted by atomic mass is 9.70. The van der Waals surface area contributed by atoms with Gasteiger partial charge in [-0.15, -0.1) is 5.92 Å². The van der Waals surface area contributed by atoms with Gasteiger partial charge in [0.2, 0.25) is 5.91 Å². The fourth-order valence-electron chi connectivity index (χ4n) is 11.9. The van der Waals surface area contributed by atoms with Gasteiger partial charge in [0, 0.05) is 67.3 Å². The molecule has 7 unspecified atom stereocenters. The molecule has 12 heteroatoms. The number of nitrogens with one attached hydrogen (secondary N) is 1. The van der Waals surface area contributed by atoms with E-state index in [1.165, 1.54) is 26.2 Å². The number of ether oxygens (including phenoxy) is 2. The van der Waals surface area contributed by atoms with E-state index in [4.69, 9.17) is 20.2 Å². The number of amides is 1. The monoisotopic (exact) mass is 898 g/mol. The van der Waals surface area contributed by atoms with Gasteiger partial charge >= 0.3 is 5.97 Å². The second-order valence-corrected chi connectivity index (χ2v) is 22.6. The number of esters is 1. The molecule has 5 N–H and O–H groups in total. The Morgan fingerprint density at radius 3 is 2.63 bits per heavy atom. The van der Waals surface area contributed by atoms with Crippen LogP contribution < -0.4 is 15.8 Å². The molecule has 4 fully saturated rings. The highest BCUT2D eigenvalue weighted by molar-refractivity contribution is 8.77. The number of aromatic hydroxyl groups is 1. The SMILES string of the molecule is CC(=O)OC1CCc2cc(c(O)c(OC3CCCC3)c2)CN2CC(Cc3ccccc3)(CC2=O)C2C#CCC3CCC4(CCCC4(NC(N)=NC2)SSCCCCCCC(O)C1)C3. The average Bonchev–Trinajstić information content (AvgIpc) is 4.06. The minimum Gasteiger partial charge on any atom is -0.504 e. The molecular weight excluding hydrogens is 829 g/mol. The van der Waals surface area contributed by atoms with Gasteiger partial charge in [-0.2, -0.15) is 0 Å². The number of hydrogen-bond acceptors (Lipinski definition) is 11. The van der Waals surface area contributed by atoms with Gasteiger partial charge in [-0.1, -0.05) is 83.2 Å². The quantitative estimate of drug-likeness (QED) is 0.130. The number of phenolic OH excluding ortho intramolecular Hbond substituents is 1. The number of carbonyl (C=O) groups excluding carboxylic acids is 2. The van der Waals surface area contributed by atoms with Crippen molar-refractivity contribution in [3.05, 3.63) is 59.2 Å². The van der Waals surface area contributed by atoms with Gasteiger partial charge < -0.3 is 35.6 Å². The molecule has 0 aromatic heterocycles. The Bertz CT molecular complexity index is 2000. The third-order valence-electron chi connectivity index (χ3n) is 15.2. The van der Waals surface area contributed by atoms with Gasteiger partial charge in [0.05, 0.1) is 18.8 Å². The first kappa shape index (κ1) is 46.0. The predicted molar refractivity (Wildman–Crippen MR) is 253 cm³/mol. The summed E-state index contributed by atoms with van der Waals surface area (Å²) in [5.41, 5.74) is 9.29. The molecule has 3 saturated carbocycles. The van der Waals surface area contributed by atoms with E-state index in [1.54, 1.807) is 0 Å². The number of phenols is 1. The van der Waals surface area contributed by atoms with Crippen LogP contribution in [0, 0.1) is 34.5 Å². The molecule has 3 heterocycles. The maximum absolute atomic E-state index is 14.5. The molecule has 8 bridgehead atoms. The molecule has 1 saturated heterocycles. The molecule has 10 nitrogen and oxygen atoms in total. The third kappa shape index (κ3) is 11.1. The zero-order chi connectivity index (χ0) is 43.9. The molecule has 2 aromatic rings. The first-order valence-corrected chi connectivity index (χ1v) is 26.4. The molecule has 7 atom stereocenters. The summed E-state index contributed by atoms with van der Waals surface area (Å²) in [6.45, 7) is 2.50. The number of guanidine groups is 1. The van der Waals surface area contributed by atoms with E-state index in [2.05, 4.69) is 41.4 Å². The van der Waals surface area contributed by atoms with Crippen molar-refractivity contribution in [2.45, 2.75) is 171 Å². The molecular formula is C51H70N4O6S2. The van der Waals surface area contributed by atoms with Crippen LogP contribution in [0.25, 0.3) is 0 Å². The number of hydrogen-bond donors (Lipinski definition) is 4. The van der Waals surface area contributed by atoms with E-state index in [0.29, 0.717) is 74.8 Å². The van der Waals surface area contributed by atoms with E-state index in [0.717, 1.165) is 93.9 Å². The number of fused-ring (bicyclic) bond motifs is 9. The summed E-state index contributed by atoms with van der Waals surface area (Å²) in [7, 11) is 3.96. The van der Waals surface area contributed by atoms with Crippen molar-refractivity contribution in [1.29, 1.82) is 0 Å². The lowest BCUT2D eigenvalue weighted by molar-refractivity contribution is -0.148. The van der Waals surface area contributed by atoms with Gasteiger partial charge in [-0.3, -0.25) is 14.6 Å². The van der Waals surface area contributed by atoms with Crippen LogP contribution in [0.3, 0.4) is 0 Å². The summed E-state index contributed by atoms with van der Waals surface area (Å²) in [5, 5.41) is 27.0. The number of carbonyl (C=O) groups is 2. The lowest BCUT2D eigenvalue weighted by Crippen LogP contribution is -2.56. The highest BCUT2D eigenvalue weighted by atomic mass is 33.1. The number of benzene rings is 2. The number of nitrogens with zero attached hydrogens (tertiary/aromatic N) is 2. The van der Waals surface area contributed by atoms with Crippen molar-refractivity contribution in [3.8, 4) is 23.3 Å². The first-order valence-electron chi connectivity index (χ1n) is 24.1. The Hall–Kier alpha value is -3.53. The fourth-order valence-corrected chi connectivity index (χ4v) is 15.5. The molecule has 2 aromatic carbocycles. The molecule has 63 heavy (non-hydrogen) atoms. The van der Waals surface area contributed by atoms with Gasteiger partial charge in [0.15, 0.2) is 17.5 Å². The van der Waals surface area contributed by atoms with E-state index in [-0.39, 0.29) is 46.5 Å². The maximum atomic E-state index is 14.5. The van der Waals surface area contributed by atoms with E-state index in [9.17, 15) is 19.8 Å². The Labute approximate surface area is 383 Å². The lowest BCUT2D eigenvalue weighted by Gasteiger charge is -2.44. The molecule has 2 spiro atoms. The number of nitrogens with two attached hydrogens (primary N) is 1. The van der Waals surface area contributed by atoms with Crippen molar-refractivity contribution in [2.75, 3.05) is 18.8 Å². The van der Waals surface area contributed by atoms with Crippen LogP contribution in [0.4, 0.5) is 0 Å². The minimum atomic E-state index is -0.570. The Morgan fingerprint density at radius 2 is 1.81 bits per heavy atom. The summed E-state index contributed by atoms with van der Waals surface area (Å²) in [4.78, 5) is 33.6. The predicted octanol–water partition coefficient (Wildman–Crippen LogP) is 9.23. The van der Waals surface area contributed by atoms with Crippen molar-refractivity contribution < 1.29 is 29.3 Å². The van der Waals surface area contributed by atoms with E-state index < -0.39 is 17.6 Å². The molecule has 6 aliphatic rings. The van der Waals surface area contributed by atoms with Crippen LogP contribution in [0.2, 0.25) is 0 Å². The normalized spacial score (nSPS) is 32.5. The Kier molecular flexibility index (Phi) is 15.2. The third-order valence-corrected chi connectivity index (χ3v) is 18.5. The second-order valence-electron chi connectivity index (χ2n) is 19.8. The van der Waals surface area contributed by atoms with Gasteiger partial charge in [-0.05, 0) is 119 Å². The second kappa shape index (κ2) is 20.8. The van der Waals surface area contributed by atoms with E-state index in [1.807, 2.05) is 44.7 Å². The smallest absolute Gasteiger partial charge is 0.302 e. The topological polar surface area (TPSA) is 147 Å². The van der Waals surface area contributed by atoms with Crippen LogP contribution >= 0.6 is 21.6 Å². The zero-order valence-corrected chi connectivity index (χ0v) is 39.1. The minimum absolute atomic E-state index is 0.0209. The number of rotatable bonds is 5. The van der Waals surface area contributed by atoms with Crippen LogP contribution in [-0.4, -0.2) is 75.0 Å². The van der Waals surface area contributed by atoms with Crippen molar-refractivity contribution in [1.82, 2.24) is 10.2 Å². The highest BCUT2D eigenvalue weighted by Gasteiger charge is 2.59. The summed E-state index contributed by atoms with van der Waals surface area (Å²) in [6, 6.07) is 14.3. The highest BCUT2D eigenvalue weighted by Crippen LogP contribution is 2.64. The van der Waals surface area contributed by atoms with Crippen LogP contribution in [0.15, 0.2) is 47.5 Å².